The molecule has 0 saturated heterocycles. The average Bonchev–Trinajstić information content (AvgIpc) is 3.01. The van der Waals surface area contributed by atoms with Gasteiger partial charge in [-0.1, -0.05) is 50.3 Å². The van der Waals surface area contributed by atoms with Crippen LogP contribution in [0.4, 0.5) is 13.6 Å². The summed E-state index contributed by atoms with van der Waals surface area (Å²) in [6.45, 7) is 3.75. The van der Waals surface area contributed by atoms with Crippen LogP contribution >= 0.6 is 0 Å². The SMILES string of the molecule is COC(=O)[C@@H](NC(=O)N[C@@H](Cc1ccccc1F)C(=O)N[C@H]1CCCCNC(=O)/C=C\[C@H](Cc2cccc(F)c2)NC1=O)C(C)C. The third-order valence-corrected chi connectivity index (χ3v) is 7.42. The van der Waals surface area contributed by atoms with Crippen LogP contribution in [0.2, 0.25) is 0 Å². The largest absolute Gasteiger partial charge is 0.467 e. The van der Waals surface area contributed by atoms with Crippen LogP contribution in [0.25, 0.3) is 0 Å². The Bertz CT molecular complexity index is 1420. The molecule has 0 aliphatic carbocycles. The van der Waals surface area contributed by atoms with Gasteiger partial charge >= 0.3 is 12.0 Å². The zero-order valence-corrected chi connectivity index (χ0v) is 26.1. The minimum Gasteiger partial charge on any atom is -0.467 e. The second kappa shape index (κ2) is 17.6. The van der Waals surface area contributed by atoms with E-state index >= 15 is 0 Å². The van der Waals surface area contributed by atoms with Gasteiger partial charge in [-0.15, -0.1) is 0 Å². The highest BCUT2D eigenvalue weighted by Crippen LogP contribution is 2.13. The third kappa shape index (κ3) is 11.3. The van der Waals surface area contributed by atoms with E-state index in [1.165, 1.54) is 55.7 Å². The van der Waals surface area contributed by atoms with Gasteiger partial charge in [0, 0.05) is 19.0 Å². The topological polar surface area (TPSA) is 155 Å². The highest BCUT2D eigenvalue weighted by molar-refractivity contribution is 5.93. The van der Waals surface area contributed by atoms with Gasteiger partial charge in [-0.05, 0) is 60.9 Å². The summed E-state index contributed by atoms with van der Waals surface area (Å²) in [6.07, 6.45) is 3.89. The lowest BCUT2D eigenvalue weighted by Crippen LogP contribution is -2.58. The molecule has 3 rings (SSSR count). The van der Waals surface area contributed by atoms with E-state index in [0.29, 0.717) is 24.9 Å². The number of hydrogen-bond donors (Lipinski definition) is 5. The smallest absolute Gasteiger partial charge is 0.328 e. The van der Waals surface area contributed by atoms with E-state index in [2.05, 4.69) is 26.6 Å². The summed E-state index contributed by atoms with van der Waals surface area (Å²) < 4.78 is 33.2. The maximum atomic E-state index is 14.6. The van der Waals surface area contributed by atoms with Gasteiger partial charge in [0.2, 0.25) is 17.7 Å². The number of amides is 5. The van der Waals surface area contributed by atoms with Crippen LogP contribution in [0, 0.1) is 17.6 Å². The Morgan fingerprint density at radius 1 is 1.02 bits per heavy atom. The zero-order valence-electron chi connectivity index (χ0n) is 26.1. The second-order valence-corrected chi connectivity index (χ2v) is 11.4. The minimum absolute atomic E-state index is 0.149. The number of hydrogen-bond acceptors (Lipinski definition) is 6. The third-order valence-electron chi connectivity index (χ3n) is 7.42. The van der Waals surface area contributed by atoms with Gasteiger partial charge < -0.3 is 31.3 Å². The number of rotatable bonds is 10. The molecule has 1 aliphatic heterocycles. The van der Waals surface area contributed by atoms with Crippen molar-refractivity contribution < 1.29 is 37.5 Å². The lowest BCUT2D eigenvalue weighted by Gasteiger charge is -2.26. The molecule has 1 heterocycles. The fraction of sp³-hybridized carbons (Fsp3) is 0.424. The van der Waals surface area contributed by atoms with E-state index in [-0.39, 0.29) is 36.7 Å². The first-order valence-corrected chi connectivity index (χ1v) is 15.2. The molecule has 0 fully saturated rings. The molecule has 5 N–H and O–H groups in total. The summed E-state index contributed by atoms with van der Waals surface area (Å²) in [6, 6.07) is 6.63. The van der Waals surface area contributed by atoms with Crippen LogP contribution in [0.1, 0.15) is 44.2 Å². The number of esters is 1. The lowest BCUT2D eigenvalue weighted by molar-refractivity contribution is -0.144. The van der Waals surface area contributed by atoms with E-state index < -0.39 is 59.6 Å². The van der Waals surface area contributed by atoms with Gasteiger partial charge in [-0.25, -0.2) is 18.4 Å². The Morgan fingerprint density at radius 2 is 1.78 bits per heavy atom. The molecule has 0 bridgehead atoms. The number of ether oxygens (including phenoxy) is 1. The van der Waals surface area contributed by atoms with Gasteiger partial charge in [0.05, 0.1) is 13.2 Å². The Morgan fingerprint density at radius 3 is 2.48 bits per heavy atom. The molecular weight excluding hydrogens is 600 g/mol. The van der Waals surface area contributed by atoms with Crippen molar-refractivity contribution in [3.05, 3.63) is 83.4 Å². The highest BCUT2D eigenvalue weighted by Gasteiger charge is 2.31. The van der Waals surface area contributed by atoms with Crippen molar-refractivity contribution >= 4 is 29.7 Å². The Labute approximate surface area is 266 Å². The molecule has 4 atom stereocenters. The Kier molecular flexibility index (Phi) is 13.7. The van der Waals surface area contributed by atoms with Crippen molar-refractivity contribution in [1.29, 1.82) is 0 Å². The number of carbonyl (C=O) groups is 5. The highest BCUT2D eigenvalue weighted by atomic mass is 19.1. The molecule has 0 aromatic heterocycles. The molecule has 0 unspecified atom stereocenters. The van der Waals surface area contributed by atoms with E-state index in [1.54, 1.807) is 26.0 Å². The van der Waals surface area contributed by atoms with Gasteiger partial charge in [0.15, 0.2) is 0 Å². The van der Waals surface area contributed by atoms with Crippen LogP contribution < -0.4 is 26.6 Å². The molecule has 13 heteroatoms. The van der Waals surface area contributed by atoms with E-state index in [9.17, 15) is 32.8 Å². The lowest BCUT2D eigenvalue weighted by atomic mass is 10.0. The van der Waals surface area contributed by atoms with Gasteiger partial charge in [-0.2, -0.15) is 0 Å². The molecule has 2 aromatic rings. The van der Waals surface area contributed by atoms with E-state index in [1.807, 2.05) is 0 Å². The predicted molar refractivity (Wildman–Crippen MR) is 166 cm³/mol. The van der Waals surface area contributed by atoms with Gasteiger partial charge in [0.25, 0.3) is 0 Å². The zero-order chi connectivity index (χ0) is 33.6. The number of nitrogens with one attached hydrogen (secondary N) is 5. The van der Waals surface area contributed by atoms with Crippen molar-refractivity contribution in [3.8, 4) is 0 Å². The maximum absolute atomic E-state index is 14.6. The number of benzene rings is 2. The molecule has 11 nitrogen and oxygen atoms in total. The molecule has 2 aromatic carbocycles. The maximum Gasteiger partial charge on any atom is 0.328 e. The van der Waals surface area contributed by atoms with Crippen molar-refractivity contribution in [3.63, 3.8) is 0 Å². The summed E-state index contributed by atoms with van der Waals surface area (Å²) in [7, 11) is 1.19. The normalized spacial score (nSPS) is 19.3. The molecule has 248 valence electrons. The average molecular weight is 642 g/mol. The minimum atomic E-state index is -1.33. The summed E-state index contributed by atoms with van der Waals surface area (Å²) in [5.41, 5.74) is 0.727. The summed E-state index contributed by atoms with van der Waals surface area (Å²) >= 11 is 0. The molecule has 46 heavy (non-hydrogen) atoms. The summed E-state index contributed by atoms with van der Waals surface area (Å²) in [4.78, 5) is 64.6. The Hall–Kier alpha value is -4.81. The molecular formula is C33H41F2N5O6. The van der Waals surface area contributed by atoms with Crippen molar-refractivity contribution in [2.75, 3.05) is 13.7 Å². The van der Waals surface area contributed by atoms with E-state index in [0.717, 1.165) is 0 Å². The second-order valence-electron chi connectivity index (χ2n) is 11.4. The molecule has 5 amide bonds. The monoisotopic (exact) mass is 641 g/mol. The van der Waals surface area contributed by atoms with Crippen molar-refractivity contribution in [2.45, 2.75) is 70.1 Å². The number of carbonyl (C=O) groups excluding carboxylic acids is 5. The van der Waals surface area contributed by atoms with Crippen LogP contribution in [0.5, 0.6) is 0 Å². The number of urea groups is 1. The van der Waals surface area contributed by atoms with Crippen molar-refractivity contribution in [2.24, 2.45) is 5.92 Å². The standard InChI is InChI=1S/C33H41F2N5O6/c1-20(2)29(32(44)46-3)40-33(45)39-27(19-22-10-4-5-12-25(22)35)31(43)38-26-13-6-7-16-36-28(41)15-14-24(37-30(26)42)18-21-9-8-11-23(34)17-21/h4-5,8-12,14-15,17,20,24,26-27,29H,6-7,13,16,18-19H2,1-3H3,(H,36,41)(H,37,42)(H,38,43)(H2,39,40,45)/b15-14-/t24-,26+,27+,29+/m1/s1. The van der Waals surface area contributed by atoms with E-state index in [4.69, 9.17) is 4.74 Å². The number of halogens is 2. The Balaban J connectivity index is 1.83. The first-order chi connectivity index (χ1) is 22.0. The molecule has 1 aliphatic rings. The van der Waals surface area contributed by atoms with Crippen LogP contribution in [-0.2, 0) is 36.8 Å². The quantitative estimate of drug-likeness (QED) is 0.251. The summed E-state index contributed by atoms with van der Waals surface area (Å²) in [5.74, 6) is -3.70. The first-order valence-electron chi connectivity index (χ1n) is 15.2. The van der Waals surface area contributed by atoms with Gasteiger partial charge in [-0.3, -0.25) is 14.4 Å². The first kappa shape index (κ1) is 35.7. The van der Waals surface area contributed by atoms with Gasteiger partial charge in [0.1, 0.15) is 29.8 Å². The van der Waals surface area contributed by atoms with Crippen LogP contribution in [-0.4, -0.2) is 67.5 Å². The fourth-order valence-electron chi connectivity index (χ4n) is 4.92. The van der Waals surface area contributed by atoms with Crippen molar-refractivity contribution in [1.82, 2.24) is 26.6 Å². The molecule has 0 saturated carbocycles. The number of methoxy groups -OCH3 is 1. The van der Waals surface area contributed by atoms with Crippen LogP contribution in [0.3, 0.4) is 0 Å². The molecule has 0 radical (unpaired) electrons. The predicted octanol–water partition coefficient (Wildman–Crippen LogP) is 2.44. The van der Waals surface area contributed by atoms with Crippen LogP contribution in [0.15, 0.2) is 60.7 Å². The molecule has 0 spiro atoms. The summed E-state index contributed by atoms with van der Waals surface area (Å²) in [5, 5.41) is 13.3. The fourth-order valence-corrected chi connectivity index (χ4v) is 4.92.